The van der Waals surface area contributed by atoms with Crippen LogP contribution in [0.2, 0.25) is 0 Å². The Bertz CT molecular complexity index is 561. The third kappa shape index (κ3) is 2.04. The molecule has 0 unspecified atom stereocenters. The first-order chi connectivity index (χ1) is 8.48. The lowest BCUT2D eigenvalue weighted by Crippen LogP contribution is -2.20. The van der Waals surface area contributed by atoms with Crippen molar-refractivity contribution in [2.75, 3.05) is 0 Å². The Morgan fingerprint density at radius 2 is 1.78 bits per heavy atom. The average molecular weight is 278 g/mol. The van der Waals surface area contributed by atoms with Gasteiger partial charge in [0.05, 0.1) is 0 Å². The van der Waals surface area contributed by atoms with Gasteiger partial charge in [-0.05, 0) is 67.4 Å². The van der Waals surface area contributed by atoms with Crippen molar-refractivity contribution >= 4 is 32.1 Å². The zero-order valence-corrected chi connectivity index (χ0v) is 13.4. The molecule has 0 atom stereocenters. The lowest BCUT2D eigenvalue weighted by molar-refractivity contribution is 0.225. The van der Waals surface area contributed by atoms with Gasteiger partial charge < -0.3 is 0 Å². The third-order valence-electron chi connectivity index (χ3n) is 4.54. The van der Waals surface area contributed by atoms with E-state index in [9.17, 15) is 0 Å². The number of fused-ring (bicyclic) bond motifs is 1. The predicted molar refractivity (Wildman–Crippen MR) is 84.2 cm³/mol. The van der Waals surface area contributed by atoms with Gasteiger partial charge in [0, 0.05) is 14.3 Å². The zero-order chi connectivity index (χ0) is 12.9. The summed E-state index contributed by atoms with van der Waals surface area (Å²) in [7, 11) is 0. The maximum absolute atomic E-state index is 2.43. The molecule has 0 saturated heterocycles. The van der Waals surface area contributed by atoms with Crippen LogP contribution in [-0.4, -0.2) is 0 Å². The molecule has 1 aliphatic carbocycles. The summed E-state index contributed by atoms with van der Waals surface area (Å²) in [6.45, 7) is 9.43. The SMILES string of the molecule is Cc1sc2c(C)csc2c1C1CCC(C)(C)CC1. The third-order valence-corrected chi connectivity index (χ3v) is 7.06. The van der Waals surface area contributed by atoms with Gasteiger partial charge in [-0.15, -0.1) is 22.7 Å². The summed E-state index contributed by atoms with van der Waals surface area (Å²) < 4.78 is 3.15. The molecular weight excluding hydrogens is 256 g/mol. The van der Waals surface area contributed by atoms with Crippen molar-refractivity contribution in [3.63, 3.8) is 0 Å². The van der Waals surface area contributed by atoms with Crippen LogP contribution < -0.4 is 0 Å². The molecule has 2 heteroatoms. The van der Waals surface area contributed by atoms with Crippen molar-refractivity contribution in [1.82, 2.24) is 0 Å². The molecule has 0 radical (unpaired) electrons. The molecule has 2 heterocycles. The van der Waals surface area contributed by atoms with E-state index in [2.05, 4.69) is 33.1 Å². The Morgan fingerprint density at radius 1 is 1.11 bits per heavy atom. The van der Waals surface area contributed by atoms with Crippen LogP contribution in [0.1, 0.15) is 61.5 Å². The Kier molecular flexibility index (Phi) is 3.06. The van der Waals surface area contributed by atoms with E-state index in [1.54, 1.807) is 19.8 Å². The molecule has 2 aromatic heterocycles. The highest BCUT2D eigenvalue weighted by atomic mass is 32.1. The van der Waals surface area contributed by atoms with E-state index in [1.807, 2.05) is 22.7 Å². The van der Waals surface area contributed by atoms with Crippen molar-refractivity contribution in [1.29, 1.82) is 0 Å². The Hall–Kier alpha value is -0.340. The summed E-state index contributed by atoms with van der Waals surface area (Å²) in [5.74, 6) is 0.824. The van der Waals surface area contributed by atoms with Gasteiger partial charge in [-0.3, -0.25) is 0 Å². The number of aryl methyl sites for hydroxylation is 2. The molecule has 0 aliphatic heterocycles. The molecule has 3 rings (SSSR count). The highest BCUT2D eigenvalue weighted by Crippen LogP contribution is 2.48. The second-order valence-corrected chi connectivity index (χ2v) is 8.69. The van der Waals surface area contributed by atoms with E-state index in [4.69, 9.17) is 0 Å². The quantitative estimate of drug-likeness (QED) is 0.577. The van der Waals surface area contributed by atoms with E-state index < -0.39 is 0 Å². The van der Waals surface area contributed by atoms with Gasteiger partial charge in [-0.2, -0.15) is 0 Å². The first-order valence-electron chi connectivity index (χ1n) is 6.95. The molecule has 0 amide bonds. The average Bonchev–Trinajstić information content (AvgIpc) is 2.80. The van der Waals surface area contributed by atoms with Crippen molar-refractivity contribution in [2.24, 2.45) is 5.41 Å². The van der Waals surface area contributed by atoms with Crippen LogP contribution in [0.5, 0.6) is 0 Å². The van der Waals surface area contributed by atoms with Crippen molar-refractivity contribution in [3.05, 3.63) is 21.4 Å². The highest BCUT2D eigenvalue weighted by molar-refractivity contribution is 7.27. The molecule has 2 aromatic rings. The van der Waals surface area contributed by atoms with Crippen LogP contribution in [0.4, 0.5) is 0 Å². The molecule has 1 aliphatic rings. The van der Waals surface area contributed by atoms with Gasteiger partial charge in [0.25, 0.3) is 0 Å². The van der Waals surface area contributed by atoms with Gasteiger partial charge in [0.15, 0.2) is 0 Å². The Labute approximate surface area is 118 Å². The van der Waals surface area contributed by atoms with Crippen LogP contribution >= 0.6 is 22.7 Å². The largest absolute Gasteiger partial charge is 0.142 e. The molecule has 1 fully saturated rings. The summed E-state index contributed by atoms with van der Waals surface area (Å²) in [5.41, 5.74) is 3.75. The van der Waals surface area contributed by atoms with E-state index in [-0.39, 0.29) is 0 Å². The molecule has 98 valence electrons. The Balaban J connectivity index is 1.97. The highest BCUT2D eigenvalue weighted by Gasteiger charge is 2.30. The summed E-state index contributed by atoms with van der Waals surface area (Å²) in [6, 6.07) is 0. The van der Waals surface area contributed by atoms with Crippen LogP contribution in [0.3, 0.4) is 0 Å². The summed E-state index contributed by atoms with van der Waals surface area (Å²) in [5, 5.41) is 2.33. The van der Waals surface area contributed by atoms with Gasteiger partial charge in [-0.25, -0.2) is 0 Å². The normalized spacial score (nSPS) is 20.7. The fourth-order valence-electron chi connectivity index (χ4n) is 3.27. The molecule has 18 heavy (non-hydrogen) atoms. The number of thiophene rings is 2. The minimum absolute atomic E-state index is 0.574. The molecule has 0 spiro atoms. The fourth-order valence-corrected chi connectivity index (χ4v) is 5.92. The summed E-state index contributed by atoms with van der Waals surface area (Å²) in [4.78, 5) is 1.57. The monoisotopic (exact) mass is 278 g/mol. The Morgan fingerprint density at radius 3 is 2.44 bits per heavy atom. The fraction of sp³-hybridized carbons (Fsp3) is 0.625. The standard InChI is InChI=1S/C16H22S2/c1-10-9-17-15-13(11(2)18-14(10)15)12-5-7-16(3,4)8-6-12/h9,12H,5-8H2,1-4H3. The molecule has 0 aromatic carbocycles. The molecule has 0 nitrogen and oxygen atoms in total. The predicted octanol–water partition coefficient (Wildman–Crippen LogP) is 6.26. The van der Waals surface area contributed by atoms with E-state index >= 15 is 0 Å². The molecule has 0 bridgehead atoms. The number of hydrogen-bond donors (Lipinski definition) is 0. The van der Waals surface area contributed by atoms with Crippen LogP contribution in [0.15, 0.2) is 5.38 Å². The number of hydrogen-bond acceptors (Lipinski definition) is 2. The molecular formula is C16H22S2. The first-order valence-corrected chi connectivity index (χ1v) is 8.65. The molecule has 0 N–H and O–H groups in total. The summed E-state index contributed by atoms with van der Waals surface area (Å²) in [6.07, 6.45) is 5.55. The van der Waals surface area contributed by atoms with Gasteiger partial charge in [0.1, 0.15) is 0 Å². The van der Waals surface area contributed by atoms with Gasteiger partial charge in [-0.1, -0.05) is 13.8 Å². The maximum Gasteiger partial charge on any atom is 0.0490 e. The van der Waals surface area contributed by atoms with Crippen LogP contribution in [0.25, 0.3) is 9.40 Å². The lowest BCUT2D eigenvalue weighted by Gasteiger charge is -2.34. The molecule has 1 saturated carbocycles. The second-order valence-electron chi connectivity index (χ2n) is 6.59. The lowest BCUT2D eigenvalue weighted by atomic mass is 9.71. The topological polar surface area (TPSA) is 0 Å². The van der Waals surface area contributed by atoms with E-state index in [1.165, 1.54) is 31.2 Å². The van der Waals surface area contributed by atoms with E-state index in [0.29, 0.717) is 5.41 Å². The first kappa shape index (κ1) is 12.7. The van der Waals surface area contributed by atoms with Gasteiger partial charge >= 0.3 is 0 Å². The smallest absolute Gasteiger partial charge is 0.0490 e. The number of rotatable bonds is 1. The zero-order valence-electron chi connectivity index (χ0n) is 11.8. The van der Waals surface area contributed by atoms with Crippen molar-refractivity contribution < 1.29 is 0 Å². The van der Waals surface area contributed by atoms with Gasteiger partial charge in [0.2, 0.25) is 0 Å². The minimum Gasteiger partial charge on any atom is -0.142 e. The summed E-state index contributed by atoms with van der Waals surface area (Å²) >= 11 is 3.98. The van der Waals surface area contributed by atoms with Crippen molar-refractivity contribution in [3.8, 4) is 0 Å². The van der Waals surface area contributed by atoms with Crippen LogP contribution in [0, 0.1) is 19.3 Å². The van der Waals surface area contributed by atoms with E-state index in [0.717, 1.165) is 5.92 Å². The second kappa shape index (κ2) is 4.35. The van der Waals surface area contributed by atoms with Crippen molar-refractivity contribution in [2.45, 2.75) is 59.3 Å². The maximum atomic E-state index is 2.43. The minimum atomic E-state index is 0.574. The van der Waals surface area contributed by atoms with Crippen LogP contribution in [-0.2, 0) is 0 Å².